The minimum absolute atomic E-state index is 0.131. The lowest BCUT2D eigenvalue weighted by Gasteiger charge is -2.06. The molecule has 0 saturated carbocycles. The van der Waals surface area contributed by atoms with Crippen molar-refractivity contribution in [3.63, 3.8) is 0 Å². The Bertz CT molecular complexity index is 929. The van der Waals surface area contributed by atoms with E-state index in [9.17, 15) is 9.18 Å². The lowest BCUT2D eigenvalue weighted by atomic mass is 10.2. The van der Waals surface area contributed by atoms with Gasteiger partial charge in [0, 0.05) is 5.69 Å². The molecule has 0 atom stereocenters. The van der Waals surface area contributed by atoms with E-state index in [1.807, 2.05) is 31.2 Å². The molecule has 0 fully saturated rings. The Morgan fingerprint density at radius 3 is 2.73 bits per heavy atom. The SMILES string of the molecule is Cc1ccc(NC(=O)CSc2nnc(Nc3ccccc3C)s2)c(F)c1. The number of carbonyl (C=O) groups excluding carboxylic acids is 1. The van der Waals surface area contributed by atoms with E-state index in [0.29, 0.717) is 9.47 Å². The monoisotopic (exact) mass is 388 g/mol. The predicted octanol–water partition coefficient (Wildman–Crippen LogP) is 4.77. The van der Waals surface area contributed by atoms with Crippen molar-refractivity contribution in [1.29, 1.82) is 0 Å². The Balaban J connectivity index is 1.54. The molecule has 0 unspecified atom stereocenters. The van der Waals surface area contributed by atoms with E-state index in [1.54, 1.807) is 19.1 Å². The first-order chi connectivity index (χ1) is 12.5. The van der Waals surface area contributed by atoms with Crippen LogP contribution in [0, 0.1) is 19.7 Å². The maximum Gasteiger partial charge on any atom is 0.234 e. The molecule has 0 aliphatic carbocycles. The quantitative estimate of drug-likeness (QED) is 0.596. The highest BCUT2D eigenvalue weighted by molar-refractivity contribution is 8.01. The summed E-state index contributed by atoms with van der Waals surface area (Å²) in [4.78, 5) is 12.0. The van der Waals surface area contributed by atoms with Gasteiger partial charge in [0.2, 0.25) is 11.0 Å². The number of aromatic nitrogens is 2. The van der Waals surface area contributed by atoms with Gasteiger partial charge in [-0.25, -0.2) is 4.39 Å². The van der Waals surface area contributed by atoms with Crippen LogP contribution in [0.2, 0.25) is 0 Å². The second-order valence-electron chi connectivity index (χ2n) is 5.63. The summed E-state index contributed by atoms with van der Waals surface area (Å²) in [6.45, 7) is 3.80. The number of hydrogen-bond donors (Lipinski definition) is 2. The summed E-state index contributed by atoms with van der Waals surface area (Å²) in [5, 5.41) is 14.6. The fourth-order valence-corrected chi connectivity index (χ4v) is 3.75. The summed E-state index contributed by atoms with van der Waals surface area (Å²) in [6.07, 6.45) is 0. The third kappa shape index (κ3) is 4.80. The second-order valence-corrected chi connectivity index (χ2v) is 7.83. The molecule has 5 nitrogen and oxygen atoms in total. The van der Waals surface area contributed by atoms with Crippen LogP contribution < -0.4 is 10.6 Å². The van der Waals surface area contributed by atoms with Crippen LogP contribution in [0.1, 0.15) is 11.1 Å². The molecule has 8 heteroatoms. The summed E-state index contributed by atoms with van der Waals surface area (Å²) in [7, 11) is 0. The molecule has 1 heterocycles. The predicted molar refractivity (Wildman–Crippen MR) is 105 cm³/mol. The standard InChI is InChI=1S/C18H17FN4OS2/c1-11-7-8-15(13(19)9-11)20-16(24)10-25-18-23-22-17(26-18)21-14-6-4-3-5-12(14)2/h3-9H,10H2,1-2H3,(H,20,24)(H,21,22). The van der Waals surface area contributed by atoms with E-state index in [1.165, 1.54) is 29.2 Å². The highest BCUT2D eigenvalue weighted by atomic mass is 32.2. The molecule has 134 valence electrons. The summed E-state index contributed by atoms with van der Waals surface area (Å²) in [5.74, 6) is -0.600. The van der Waals surface area contributed by atoms with Gasteiger partial charge in [-0.2, -0.15) is 0 Å². The van der Waals surface area contributed by atoms with Crippen molar-refractivity contribution in [3.8, 4) is 0 Å². The minimum atomic E-state index is -0.441. The molecule has 26 heavy (non-hydrogen) atoms. The van der Waals surface area contributed by atoms with Crippen molar-refractivity contribution in [1.82, 2.24) is 10.2 Å². The topological polar surface area (TPSA) is 66.9 Å². The molecular formula is C18H17FN4OS2. The average molecular weight is 388 g/mol. The van der Waals surface area contributed by atoms with Gasteiger partial charge < -0.3 is 10.6 Å². The van der Waals surface area contributed by atoms with E-state index in [-0.39, 0.29) is 17.3 Å². The highest BCUT2D eigenvalue weighted by Crippen LogP contribution is 2.28. The third-order valence-electron chi connectivity index (χ3n) is 3.52. The van der Waals surface area contributed by atoms with Crippen molar-refractivity contribution >= 4 is 45.5 Å². The largest absolute Gasteiger partial charge is 0.330 e. The summed E-state index contributed by atoms with van der Waals surface area (Å²) < 4.78 is 14.4. The van der Waals surface area contributed by atoms with Crippen LogP contribution in [0.3, 0.4) is 0 Å². The fourth-order valence-electron chi connectivity index (χ4n) is 2.18. The second kappa shape index (κ2) is 8.29. The number of rotatable bonds is 6. The normalized spacial score (nSPS) is 10.6. The molecule has 3 aromatic rings. The van der Waals surface area contributed by atoms with Crippen molar-refractivity contribution in [2.75, 3.05) is 16.4 Å². The Labute approximate surface area is 159 Å². The van der Waals surface area contributed by atoms with E-state index in [0.717, 1.165) is 16.8 Å². The number of halogens is 1. The van der Waals surface area contributed by atoms with E-state index < -0.39 is 5.82 Å². The molecule has 0 bridgehead atoms. The van der Waals surface area contributed by atoms with Crippen molar-refractivity contribution < 1.29 is 9.18 Å². The number of carbonyl (C=O) groups is 1. The van der Waals surface area contributed by atoms with Crippen LogP contribution in [-0.2, 0) is 4.79 Å². The number of nitrogens with one attached hydrogen (secondary N) is 2. The van der Waals surface area contributed by atoms with E-state index in [2.05, 4.69) is 20.8 Å². The van der Waals surface area contributed by atoms with Gasteiger partial charge in [0.15, 0.2) is 4.34 Å². The number of benzene rings is 2. The molecule has 0 saturated heterocycles. The third-order valence-corrected chi connectivity index (χ3v) is 5.49. The molecular weight excluding hydrogens is 371 g/mol. The van der Waals surface area contributed by atoms with Gasteiger partial charge in [0.05, 0.1) is 11.4 Å². The van der Waals surface area contributed by atoms with Gasteiger partial charge in [-0.3, -0.25) is 4.79 Å². The Morgan fingerprint density at radius 2 is 1.96 bits per heavy atom. The lowest BCUT2D eigenvalue weighted by molar-refractivity contribution is -0.113. The first kappa shape index (κ1) is 18.3. The zero-order valence-electron chi connectivity index (χ0n) is 14.2. The highest BCUT2D eigenvalue weighted by Gasteiger charge is 2.11. The Hall–Kier alpha value is -2.45. The Morgan fingerprint density at radius 1 is 1.15 bits per heavy atom. The van der Waals surface area contributed by atoms with Crippen LogP contribution in [0.4, 0.5) is 20.9 Å². The van der Waals surface area contributed by atoms with E-state index >= 15 is 0 Å². The first-order valence-corrected chi connectivity index (χ1v) is 9.66. The maximum absolute atomic E-state index is 13.8. The average Bonchev–Trinajstić information content (AvgIpc) is 3.05. The smallest absolute Gasteiger partial charge is 0.234 e. The fraction of sp³-hybridized carbons (Fsp3) is 0.167. The number of hydrogen-bond acceptors (Lipinski definition) is 6. The molecule has 0 aliphatic rings. The van der Waals surface area contributed by atoms with Crippen LogP contribution in [0.15, 0.2) is 46.8 Å². The first-order valence-electron chi connectivity index (χ1n) is 7.86. The lowest BCUT2D eigenvalue weighted by Crippen LogP contribution is -2.15. The van der Waals surface area contributed by atoms with Crippen LogP contribution in [-0.4, -0.2) is 21.9 Å². The maximum atomic E-state index is 13.8. The van der Waals surface area contributed by atoms with Gasteiger partial charge in [-0.05, 0) is 43.2 Å². The summed E-state index contributed by atoms with van der Waals surface area (Å²) in [5.41, 5.74) is 3.06. The molecule has 3 rings (SSSR count). The van der Waals surface area contributed by atoms with Crippen molar-refractivity contribution in [2.45, 2.75) is 18.2 Å². The number of amides is 1. The van der Waals surface area contributed by atoms with Crippen LogP contribution in [0.25, 0.3) is 0 Å². The number of para-hydroxylation sites is 1. The van der Waals surface area contributed by atoms with Crippen molar-refractivity contribution in [2.24, 2.45) is 0 Å². The van der Waals surface area contributed by atoms with Crippen LogP contribution in [0.5, 0.6) is 0 Å². The number of aryl methyl sites for hydroxylation is 2. The van der Waals surface area contributed by atoms with Gasteiger partial charge in [-0.1, -0.05) is 47.4 Å². The van der Waals surface area contributed by atoms with Gasteiger partial charge in [0.1, 0.15) is 5.82 Å². The van der Waals surface area contributed by atoms with Crippen molar-refractivity contribution in [3.05, 3.63) is 59.4 Å². The van der Waals surface area contributed by atoms with E-state index in [4.69, 9.17) is 0 Å². The zero-order chi connectivity index (χ0) is 18.5. The Kier molecular flexibility index (Phi) is 5.85. The van der Waals surface area contributed by atoms with Crippen LogP contribution >= 0.6 is 23.1 Å². The molecule has 2 aromatic carbocycles. The zero-order valence-corrected chi connectivity index (χ0v) is 15.9. The molecule has 0 aliphatic heterocycles. The molecule has 2 N–H and O–H groups in total. The number of thioether (sulfide) groups is 1. The van der Waals surface area contributed by atoms with Gasteiger partial charge in [-0.15, -0.1) is 10.2 Å². The molecule has 0 spiro atoms. The van der Waals surface area contributed by atoms with Gasteiger partial charge in [0.25, 0.3) is 0 Å². The summed E-state index contributed by atoms with van der Waals surface area (Å²) in [6, 6.07) is 12.6. The molecule has 0 radical (unpaired) electrons. The summed E-state index contributed by atoms with van der Waals surface area (Å²) >= 11 is 2.63. The minimum Gasteiger partial charge on any atom is -0.330 e. The number of nitrogens with zero attached hydrogens (tertiary/aromatic N) is 2. The molecule has 1 amide bonds. The molecule has 1 aromatic heterocycles. The van der Waals surface area contributed by atoms with Gasteiger partial charge >= 0.3 is 0 Å². The number of anilines is 3.